The van der Waals surface area contributed by atoms with E-state index >= 15 is 0 Å². The van der Waals surface area contributed by atoms with Gasteiger partial charge in [0.1, 0.15) is 11.5 Å². The Hall–Kier alpha value is -3.85. The molecule has 1 unspecified atom stereocenters. The molecule has 0 bridgehead atoms. The molecule has 34 heavy (non-hydrogen) atoms. The average molecular weight is 525 g/mol. The summed E-state index contributed by atoms with van der Waals surface area (Å²) in [6, 6.07) is 12.3. The second-order valence-corrected chi connectivity index (χ2v) is 8.43. The summed E-state index contributed by atoms with van der Waals surface area (Å²) in [4.78, 5) is 31.8. The van der Waals surface area contributed by atoms with Crippen molar-refractivity contribution in [3.05, 3.63) is 87.7 Å². The number of carbonyl (C=O) groups is 2. The quantitative estimate of drug-likeness (QED) is 0.282. The Morgan fingerprint density at radius 3 is 2.59 bits per heavy atom. The molecule has 2 N–H and O–H groups in total. The molecular weight excluding hydrogens is 504 g/mol. The van der Waals surface area contributed by atoms with Crippen LogP contribution in [0, 0.1) is 0 Å². The minimum absolute atomic E-state index is 0.0817. The van der Waals surface area contributed by atoms with Gasteiger partial charge < -0.3 is 24.6 Å². The molecule has 1 aliphatic heterocycles. The number of aromatic nitrogens is 1. The molecule has 0 radical (unpaired) electrons. The number of methoxy groups -OCH3 is 2. The maximum atomic E-state index is 13.2. The highest BCUT2D eigenvalue weighted by Crippen LogP contribution is 2.45. The molecule has 1 aliphatic rings. The van der Waals surface area contributed by atoms with Crippen molar-refractivity contribution in [2.75, 3.05) is 14.2 Å². The van der Waals surface area contributed by atoms with Crippen LogP contribution in [-0.2, 0) is 16.1 Å². The molecule has 0 spiro atoms. The molecule has 1 atom stereocenters. The molecule has 8 nitrogen and oxygen atoms in total. The van der Waals surface area contributed by atoms with Crippen molar-refractivity contribution >= 4 is 33.4 Å². The highest BCUT2D eigenvalue weighted by Gasteiger charge is 2.46. The van der Waals surface area contributed by atoms with Crippen molar-refractivity contribution in [3.8, 4) is 17.2 Å². The van der Waals surface area contributed by atoms with Gasteiger partial charge in [-0.15, -0.1) is 0 Å². The number of phenolic OH excluding ortho intramolecular Hbond substituents is 1. The lowest BCUT2D eigenvalue weighted by Crippen LogP contribution is -2.29. The molecule has 174 valence electrons. The molecule has 1 amide bonds. The Bertz CT molecular complexity index is 1290. The molecule has 9 heteroatoms. The normalized spacial score (nSPS) is 17.1. The van der Waals surface area contributed by atoms with Gasteiger partial charge in [0.05, 0.1) is 30.3 Å². The highest BCUT2D eigenvalue weighted by atomic mass is 79.9. The zero-order chi connectivity index (χ0) is 24.4. The van der Waals surface area contributed by atoms with Gasteiger partial charge in [0.15, 0.2) is 11.5 Å². The van der Waals surface area contributed by atoms with Crippen LogP contribution in [0.1, 0.15) is 22.7 Å². The molecule has 1 aromatic heterocycles. The summed E-state index contributed by atoms with van der Waals surface area (Å²) in [5.41, 5.74) is 1.42. The van der Waals surface area contributed by atoms with E-state index in [1.165, 1.54) is 25.2 Å². The number of rotatable bonds is 6. The van der Waals surface area contributed by atoms with E-state index in [4.69, 9.17) is 9.47 Å². The topological polar surface area (TPSA) is 109 Å². The fraction of sp³-hybridized carbons (Fsp3) is 0.160. The zero-order valence-electron chi connectivity index (χ0n) is 18.4. The largest absolute Gasteiger partial charge is 0.507 e. The van der Waals surface area contributed by atoms with Crippen LogP contribution in [0.3, 0.4) is 0 Å². The Labute approximate surface area is 204 Å². The van der Waals surface area contributed by atoms with Crippen LogP contribution >= 0.6 is 15.9 Å². The lowest BCUT2D eigenvalue weighted by Gasteiger charge is -2.26. The minimum Gasteiger partial charge on any atom is -0.507 e. The van der Waals surface area contributed by atoms with Crippen LogP contribution in [0.4, 0.5) is 0 Å². The first-order valence-corrected chi connectivity index (χ1v) is 11.0. The molecule has 4 rings (SSSR count). The van der Waals surface area contributed by atoms with Gasteiger partial charge in [0.2, 0.25) is 0 Å². The number of hydrogen-bond acceptors (Lipinski definition) is 7. The number of aromatic hydroxyl groups is 1. The highest BCUT2D eigenvalue weighted by molar-refractivity contribution is 9.10. The van der Waals surface area contributed by atoms with Gasteiger partial charge in [-0.1, -0.05) is 18.2 Å². The summed E-state index contributed by atoms with van der Waals surface area (Å²) in [5.74, 6) is -1.40. The third-order valence-corrected chi connectivity index (χ3v) is 6.15. The van der Waals surface area contributed by atoms with Crippen molar-refractivity contribution in [1.82, 2.24) is 9.88 Å². The number of halogens is 1. The minimum atomic E-state index is -0.947. The number of ether oxygens (including phenoxy) is 2. The number of amides is 1. The Morgan fingerprint density at radius 2 is 1.91 bits per heavy atom. The fourth-order valence-electron chi connectivity index (χ4n) is 3.91. The number of aliphatic hydroxyl groups is 1. The number of aliphatic hydroxyl groups excluding tert-OH is 1. The van der Waals surface area contributed by atoms with Crippen LogP contribution in [0.15, 0.2) is 71.0 Å². The summed E-state index contributed by atoms with van der Waals surface area (Å²) in [5, 5.41) is 21.5. The standard InChI is InChI=1S/C25H21BrN2O6/c1-33-17-7-3-6-15(9-17)22(29)20-21(16-10-18(26)23(30)19(11-16)34-2)28(25(32)24(20)31)13-14-5-4-8-27-12-14/h3-12,21,29-30H,13H2,1-2H3/b22-20+. The molecule has 1 fully saturated rings. The van der Waals surface area contributed by atoms with Crippen molar-refractivity contribution in [2.45, 2.75) is 12.6 Å². The number of nitrogens with zero attached hydrogens (tertiary/aromatic N) is 2. The summed E-state index contributed by atoms with van der Waals surface area (Å²) in [6.07, 6.45) is 3.21. The summed E-state index contributed by atoms with van der Waals surface area (Å²) in [7, 11) is 2.89. The Kier molecular flexibility index (Phi) is 6.56. The van der Waals surface area contributed by atoms with Gasteiger partial charge in [0.25, 0.3) is 11.7 Å². The van der Waals surface area contributed by atoms with E-state index < -0.39 is 17.7 Å². The predicted molar refractivity (Wildman–Crippen MR) is 127 cm³/mol. The van der Waals surface area contributed by atoms with E-state index in [0.717, 1.165) is 0 Å². The smallest absolute Gasteiger partial charge is 0.295 e. The maximum absolute atomic E-state index is 13.2. The van der Waals surface area contributed by atoms with Crippen LogP contribution in [-0.4, -0.2) is 46.0 Å². The van der Waals surface area contributed by atoms with Crippen molar-refractivity contribution in [3.63, 3.8) is 0 Å². The fourth-order valence-corrected chi connectivity index (χ4v) is 4.37. The molecular formula is C25H21BrN2O6. The number of Topliss-reactive ketones (excluding diaryl/α,β-unsaturated/α-hetero) is 1. The number of ketones is 1. The average Bonchev–Trinajstić information content (AvgIpc) is 3.10. The molecule has 2 aromatic carbocycles. The molecule has 1 saturated heterocycles. The molecule has 3 aromatic rings. The van der Waals surface area contributed by atoms with Crippen molar-refractivity contribution < 1.29 is 29.3 Å². The Morgan fingerprint density at radius 1 is 1.12 bits per heavy atom. The van der Waals surface area contributed by atoms with E-state index in [-0.39, 0.29) is 29.4 Å². The maximum Gasteiger partial charge on any atom is 0.295 e. The van der Waals surface area contributed by atoms with E-state index in [1.807, 2.05) is 0 Å². The number of carbonyl (C=O) groups excluding carboxylic acids is 2. The number of likely N-dealkylation sites (tertiary alicyclic amines) is 1. The SMILES string of the molecule is COc1cccc(/C(O)=C2\C(=O)C(=O)N(Cc3cccnc3)C2c2cc(Br)c(O)c(OC)c2)c1. The molecule has 0 saturated carbocycles. The Balaban J connectivity index is 1.93. The summed E-state index contributed by atoms with van der Waals surface area (Å²) in [6.45, 7) is 0.0821. The van der Waals surface area contributed by atoms with Gasteiger partial charge in [-0.2, -0.15) is 0 Å². The number of benzene rings is 2. The third kappa shape index (κ3) is 4.22. The van der Waals surface area contributed by atoms with Crippen molar-refractivity contribution in [1.29, 1.82) is 0 Å². The van der Waals surface area contributed by atoms with Crippen molar-refractivity contribution in [2.24, 2.45) is 0 Å². The first kappa shape index (κ1) is 23.3. The number of pyridine rings is 1. The van der Waals surface area contributed by atoms with Crippen LogP contribution in [0.25, 0.3) is 5.76 Å². The first-order chi connectivity index (χ1) is 16.3. The van der Waals surface area contributed by atoms with Crippen LogP contribution in [0.2, 0.25) is 0 Å². The lowest BCUT2D eigenvalue weighted by atomic mass is 9.94. The summed E-state index contributed by atoms with van der Waals surface area (Å²) < 4.78 is 10.8. The lowest BCUT2D eigenvalue weighted by molar-refractivity contribution is -0.140. The van der Waals surface area contributed by atoms with Crippen LogP contribution in [0.5, 0.6) is 17.2 Å². The van der Waals surface area contributed by atoms with Crippen LogP contribution < -0.4 is 9.47 Å². The van der Waals surface area contributed by atoms with E-state index in [1.54, 1.807) is 54.9 Å². The molecule has 2 heterocycles. The van der Waals surface area contributed by atoms with Gasteiger partial charge in [-0.3, -0.25) is 14.6 Å². The number of phenols is 1. The van der Waals surface area contributed by atoms with Gasteiger partial charge in [0, 0.05) is 24.5 Å². The zero-order valence-corrected chi connectivity index (χ0v) is 19.9. The predicted octanol–water partition coefficient (Wildman–Crippen LogP) is 4.19. The second-order valence-electron chi connectivity index (χ2n) is 7.57. The second kappa shape index (κ2) is 9.56. The first-order valence-electron chi connectivity index (χ1n) is 10.2. The van der Waals surface area contributed by atoms with Gasteiger partial charge in [-0.25, -0.2) is 0 Å². The van der Waals surface area contributed by atoms with Gasteiger partial charge in [-0.05, 0) is 57.4 Å². The summed E-state index contributed by atoms with van der Waals surface area (Å²) >= 11 is 3.30. The van der Waals surface area contributed by atoms with E-state index in [9.17, 15) is 19.8 Å². The monoisotopic (exact) mass is 524 g/mol. The van der Waals surface area contributed by atoms with E-state index in [2.05, 4.69) is 20.9 Å². The molecule has 0 aliphatic carbocycles. The number of hydrogen-bond donors (Lipinski definition) is 2. The van der Waals surface area contributed by atoms with E-state index in [0.29, 0.717) is 26.9 Å². The van der Waals surface area contributed by atoms with Gasteiger partial charge >= 0.3 is 0 Å². The third-order valence-electron chi connectivity index (χ3n) is 5.55.